The molecule has 0 fully saturated rings. The molecule has 0 aromatic heterocycles. The maximum absolute atomic E-state index is 11.8. The van der Waals surface area contributed by atoms with Gasteiger partial charge >= 0.3 is 0 Å². The van der Waals surface area contributed by atoms with E-state index in [4.69, 9.17) is 21.6 Å². The number of ether oxygens (including phenoxy) is 1. The van der Waals surface area contributed by atoms with Gasteiger partial charge in [-0.1, -0.05) is 36.7 Å². The standard InChI is InChI=1S/C15H17ClN2O3/c1-2-7-18-15(20)12(8-17)14(19)10-21-9-11-5-3-4-6-13(11)16/h3-6,12H,2,7,9-10H2,1H3,(H,18,20). The third-order valence-corrected chi connectivity index (χ3v) is 3.09. The summed E-state index contributed by atoms with van der Waals surface area (Å²) in [5.41, 5.74) is 0.746. The molecular weight excluding hydrogens is 292 g/mol. The number of nitrogens with zero attached hydrogens (tertiary/aromatic N) is 1. The van der Waals surface area contributed by atoms with Crippen molar-refractivity contribution < 1.29 is 14.3 Å². The predicted octanol–water partition coefficient (Wildman–Crippen LogP) is 2.09. The summed E-state index contributed by atoms with van der Waals surface area (Å²) in [6, 6.07) is 8.80. The minimum absolute atomic E-state index is 0.153. The van der Waals surface area contributed by atoms with E-state index in [0.717, 1.165) is 12.0 Å². The average Bonchev–Trinajstić information content (AvgIpc) is 2.48. The molecular formula is C15H17ClN2O3. The van der Waals surface area contributed by atoms with Gasteiger partial charge in [0, 0.05) is 11.6 Å². The number of amides is 1. The van der Waals surface area contributed by atoms with Gasteiger partial charge in [-0.15, -0.1) is 0 Å². The number of halogens is 1. The van der Waals surface area contributed by atoms with Crippen LogP contribution in [0.4, 0.5) is 0 Å². The molecule has 112 valence electrons. The average molecular weight is 309 g/mol. The maximum atomic E-state index is 11.8. The lowest BCUT2D eigenvalue weighted by Crippen LogP contribution is -2.36. The lowest BCUT2D eigenvalue weighted by molar-refractivity contribution is -0.134. The molecule has 1 unspecified atom stereocenters. The first-order valence-electron chi connectivity index (χ1n) is 6.61. The smallest absolute Gasteiger partial charge is 0.245 e. The van der Waals surface area contributed by atoms with Crippen molar-refractivity contribution in [2.75, 3.05) is 13.2 Å². The summed E-state index contributed by atoms with van der Waals surface area (Å²) < 4.78 is 5.23. The molecule has 0 saturated heterocycles. The molecule has 1 atom stereocenters. The Morgan fingerprint density at radius 3 is 2.76 bits per heavy atom. The Labute approximate surface area is 128 Å². The van der Waals surface area contributed by atoms with E-state index in [-0.39, 0.29) is 13.2 Å². The first-order chi connectivity index (χ1) is 10.1. The Morgan fingerprint density at radius 1 is 1.43 bits per heavy atom. The van der Waals surface area contributed by atoms with Gasteiger partial charge in [-0.3, -0.25) is 9.59 Å². The van der Waals surface area contributed by atoms with Gasteiger partial charge in [-0.05, 0) is 18.1 Å². The fourth-order valence-corrected chi connectivity index (χ4v) is 1.78. The molecule has 1 rings (SSSR count). The lowest BCUT2D eigenvalue weighted by atomic mass is 10.1. The summed E-state index contributed by atoms with van der Waals surface area (Å²) in [5, 5.41) is 12.0. The van der Waals surface area contributed by atoms with E-state index in [1.165, 1.54) is 0 Å². The summed E-state index contributed by atoms with van der Waals surface area (Å²) in [6.45, 7) is 2.17. The fraction of sp³-hybridized carbons (Fsp3) is 0.400. The maximum Gasteiger partial charge on any atom is 0.245 e. The van der Waals surface area contributed by atoms with Gasteiger partial charge < -0.3 is 10.1 Å². The van der Waals surface area contributed by atoms with E-state index in [2.05, 4.69) is 5.32 Å². The molecule has 0 radical (unpaired) electrons. The number of hydrogen-bond acceptors (Lipinski definition) is 4. The highest BCUT2D eigenvalue weighted by molar-refractivity contribution is 6.31. The van der Waals surface area contributed by atoms with E-state index >= 15 is 0 Å². The second kappa shape index (κ2) is 9.11. The van der Waals surface area contributed by atoms with Crippen molar-refractivity contribution >= 4 is 23.3 Å². The molecule has 0 heterocycles. The molecule has 0 aliphatic rings. The molecule has 0 saturated carbocycles. The molecule has 5 nitrogen and oxygen atoms in total. The summed E-state index contributed by atoms with van der Waals surface area (Å²) in [4.78, 5) is 23.4. The zero-order valence-electron chi connectivity index (χ0n) is 11.8. The quantitative estimate of drug-likeness (QED) is 0.746. The van der Waals surface area contributed by atoms with Crippen LogP contribution in [-0.2, 0) is 20.9 Å². The number of ketones is 1. The van der Waals surface area contributed by atoms with Crippen LogP contribution in [-0.4, -0.2) is 24.8 Å². The highest BCUT2D eigenvalue weighted by Crippen LogP contribution is 2.15. The normalized spacial score (nSPS) is 11.5. The largest absolute Gasteiger partial charge is 0.369 e. The van der Waals surface area contributed by atoms with Crippen molar-refractivity contribution in [2.24, 2.45) is 5.92 Å². The Morgan fingerprint density at radius 2 is 2.14 bits per heavy atom. The van der Waals surface area contributed by atoms with Crippen LogP contribution >= 0.6 is 11.6 Å². The van der Waals surface area contributed by atoms with Crippen LogP contribution in [0.5, 0.6) is 0 Å². The molecule has 6 heteroatoms. The van der Waals surface area contributed by atoms with Crippen LogP contribution in [0.1, 0.15) is 18.9 Å². The number of benzene rings is 1. The first kappa shape index (κ1) is 17.2. The number of nitriles is 1. The van der Waals surface area contributed by atoms with E-state index in [1.54, 1.807) is 24.3 Å². The van der Waals surface area contributed by atoms with E-state index < -0.39 is 17.6 Å². The number of hydrogen-bond donors (Lipinski definition) is 1. The third kappa shape index (κ3) is 5.54. The Hall–Kier alpha value is -1.90. The molecule has 21 heavy (non-hydrogen) atoms. The SMILES string of the molecule is CCCNC(=O)C(C#N)C(=O)COCc1ccccc1Cl. The van der Waals surface area contributed by atoms with Crippen molar-refractivity contribution in [1.29, 1.82) is 5.26 Å². The van der Waals surface area contributed by atoms with Gasteiger partial charge in [0.05, 0.1) is 12.7 Å². The van der Waals surface area contributed by atoms with Crippen LogP contribution in [0.2, 0.25) is 5.02 Å². The van der Waals surface area contributed by atoms with Gasteiger partial charge in [0.1, 0.15) is 6.61 Å². The molecule has 1 N–H and O–H groups in total. The van der Waals surface area contributed by atoms with Crippen molar-refractivity contribution in [2.45, 2.75) is 20.0 Å². The summed E-state index contributed by atoms with van der Waals surface area (Å²) in [6.07, 6.45) is 0.737. The van der Waals surface area contributed by atoms with Crippen LogP contribution < -0.4 is 5.32 Å². The molecule has 1 aromatic rings. The summed E-state index contributed by atoms with van der Waals surface area (Å²) >= 11 is 5.96. The number of carbonyl (C=O) groups excluding carboxylic acids is 2. The van der Waals surface area contributed by atoms with E-state index in [1.807, 2.05) is 13.0 Å². The summed E-state index contributed by atoms with van der Waals surface area (Å²) in [5.74, 6) is -2.47. The van der Waals surface area contributed by atoms with Crippen molar-refractivity contribution in [3.05, 3.63) is 34.9 Å². The fourth-order valence-electron chi connectivity index (χ4n) is 1.59. The highest BCUT2D eigenvalue weighted by Gasteiger charge is 2.25. The zero-order chi connectivity index (χ0) is 15.7. The molecule has 1 aromatic carbocycles. The van der Waals surface area contributed by atoms with Gasteiger partial charge in [-0.25, -0.2) is 0 Å². The summed E-state index contributed by atoms with van der Waals surface area (Å²) in [7, 11) is 0. The van der Waals surface area contributed by atoms with Crippen LogP contribution in [0, 0.1) is 17.2 Å². The predicted molar refractivity (Wildman–Crippen MR) is 78.5 cm³/mol. The number of Topliss-reactive ketones (excluding diaryl/α,β-unsaturated/α-hetero) is 1. The van der Waals surface area contributed by atoms with Crippen molar-refractivity contribution in [3.8, 4) is 6.07 Å². The number of nitrogens with one attached hydrogen (secondary N) is 1. The molecule has 1 amide bonds. The minimum atomic E-state index is -1.33. The van der Waals surface area contributed by atoms with E-state index in [9.17, 15) is 9.59 Å². The Bertz CT molecular complexity index is 540. The number of carbonyl (C=O) groups is 2. The van der Waals surface area contributed by atoms with Crippen molar-refractivity contribution in [1.82, 2.24) is 5.32 Å². The van der Waals surface area contributed by atoms with Crippen molar-refractivity contribution in [3.63, 3.8) is 0 Å². The minimum Gasteiger partial charge on any atom is -0.369 e. The molecule has 0 aliphatic carbocycles. The Balaban J connectivity index is 2.47. The van der Waals surface area contributed by atoms with Crippen LogP contribution in [0.15, 0.2) is 24.3 Å². The van der Waals surface area contributed by atoms with E-state index in [0.29, 0.717) is 11.6 Å². The molecule has 0 bridgehead atoms. The monoisotopic (exact) mass is 308 g/mol. The van der Waals surface area contributed by atoms with Crippen LogP contribution in [0.25, 0.3) is 0 Å². The second-order valence-corrected chi connectivity index (χ2v) is 4.81. The molecule has 0 spiro atoms. The second-order valence-electron chi connectivity index (χ2n) is 4.40. The first-order valence-corrected chi connectivity index (χ1v) is 6.99. The zero-order valence-corrected chi connectivity index (χ0v) is 12.5. The highest BCUT2D eigenvalue weighted by atomic mass is 35.5. The lowest BCUT2D eigenvalue weighted by Gasteiger charge is -2.09. The van der Waals surface area contributed by atoms with Gasteiger partial charge in [-0.2, -0.15) is 5.26 Å². The van der Waals surface area contributed by atoms with Gasteiger partial charge in [0.25, 0.3) is 0 Å². The van der Waals surface area contributed by atoms with Gasteiger partial charge in [0.15, 0.2) is 11.7 Å². The van der Waals surface area contributed by atoms with Crippen LogP contribution in [0.3, 0.4) is 0 Å². The van der Waals surface area contributed by atoms with Gasteiger partial charge in [0.2, 0.25) is 5.91 Å². The molecule has 0 aliphatic heterocycles. The third-order valence-electron chi connectivity index (χ3n) is 2.72. The Kier molecular flexibility index (Phi) is 7.44. The topological polar surface area (TPSA) is 79.2 Å². The number of rotatable bonds is 8.